The van der Waals surface area contributed by atoms with Crippen molar-refractivity contribution in [3.05, 3.63) is 66.4 Å². The summed E-state index contributed by atoms with van der Waals surface area (Å²) in [5, 5.41) is 1.08. The van der Waals surface area contributed by atoms with Crippen LogP contribution in [0, 0.1) is 0 Å². The van der Waals surface area contributed by atoms with Crippen LogP contribution < -0.4 is 0 Å². The first-order valence-corrected chi connectivity index (χ1v) is 7.89. The summed E-state index contributed by atoms with van der Waals surface area (Å²) in [6, 6.07) is 11.7. The van der Waals surface area contributed by atoms with Gasteiger partial charge in [-0.3, -0.25) is 0 Å². The third kappa shape index (κ3) is 4.07. The Bertz CT molecular complexity index is 868. The van der Waals surface area contributed by atoms with E-state index in [0.717, 1.165) is 35.3 Å². The summed E-state index contributed by atoms with van der Waals surface area (Å²) in [5.41, 5.74) is 1.64. The van der Waals surface area contributed by atoms with Gasteiger partial charge in [0.25, 0.3) is 0 Å². The Morgan fingerprint density at radius 3 is 2.96 bits per heavy atom. The van der Waals surface area contributed by atoms with E-state index in [2.05, 4.69) is 9.97 Å². The quantitative estimate of drug-likeness (QED) is 0.397. The lowest BCUT2D eigenvalue weighted by atomic mass is 10.2. The summed E-state index contributed by atoms with van der Waals surface area (Å²) in [7, 11) is 1.95. The lowest BCUT2D eigenvalue weighted by Crippen LogP contribution is -2.05. The molecule has 0 N–H and O–H groups in total. The maximum atomic E-state index is 11.8. The van der Waals surface area contributed by atoms with Crippen molar-refractivity contribution in [1.29, 1.82) is 0 Å². The summed E-state index contributed by atoms with van der Waals surface area (Å²) in [4.78, 5) is 20.5. The SMILES string of the molecule is Cn1ccnc1CCCOC(=O)C=Cc1ccc2ccccc2n1. The van der Waals surface area contributed by atoms with Crippen molar-refractivity contribution in [3.63, 3.8) is 0 Å². The normalized spacial score (nSPS) is 11.2. The number of carbonyl (C=O) groups is 1. The van der Waals surface area contributed by atoms with Crippen molar-refractivity contribution < 1.29 is 9.53 Å². The first kappa shape index (κ1) is 15.9. The molecule has 0 aliphatic rings. The molecule has 24 heavy (non-hydrogen) atoms. The minimum Gasteiger partial charge on any atom is -0.463 e. The maximum Gasteiger partial charge on any atom is 0.330 e. The first-order valence-electron chi connectivity index (χ1n) is 7.89. The van der Waals surface area contributed by atoms with Gasteiger partial charge in [0, 0.05) is 37.3 Å². The van der Waals surface area contributed by atoms with Crippen LogP contribution in [0.2, 0.25) is 0 Å². The molecule has 0 fully saturated rings. The van der Waals surface area contributed by atoms with E-state index in [-0.39, 0.29) is 5.97 Å². The van der Waals surface area contributed by atoms with Crippen LogP contribution in [-0.2, 0) is 23.0 Å². The van der Waals surface area contributed by atoms with Crippen LogP contribution >= 0.6 is 0 Å². The van der Waals surface area contributed by atoms with E-state index in [9.17, 15) is 4.79 Å². The largest absolute Gasteiger partial charge is 0.463 e. The fraction of sp³-hybridized carbons (Fsp3) is 0.211. The molecule has 5 heteroatoms. The number of para-hydroxylation sites is 1. The van der Waals surface area contributed by atoms with E-state index in [0.29, 0.717) is 6.61 Å². The lowest BCUT2D eigenvalue weighted by molar-refractivity contribution is -0.137. The number of esters is 1. The molecule has 2 aromatic heterocycles. The van der Waals surface area contributed by atoms with Crippen molar-refractivity contribution in [2.45, 2.75) is 12.8 Å². The van der Waals surface area contributed by atoms with Crippen LogP contribution in [0.3, 0.4) is 0 Å². The molecule has 0 aliphatic heterocycles. The molecule has 0 spiro atoms. The standard InChI is InChI=1S/C19H19N3O2/c1-22-13-12-20-18(22)7-4-14-24-19(23)11-10-16-9-8-15-5-2-3-6-17(15)21-16/h2-3,5-6,8-13H,4,7,14H2,1H3. The third-order valence-electron chi connectivity index (χ3n) is 3.72. The van der Waals surface area contributed by atoms with Crippen LogP contribution in [0.25, 0.3) is 17.0 Å². The van der Waals surface area contributed by atoms with Gasteiger partial charge in [-0.2, -0.15) is 0 Å². The summed E-state index contributed by atoms with van der Waals surface area (Å²) in [5.74, 6) is 0.631. The van der Waals surface area contributed by atoms with Crippen LogP contribution in [0.1, 0.15) is 17.9 Å². The number of hydrogen-bond donors (Lipinski definition) is 0. The molecule has 5 nitrogen and oxygen atoms in total. The number of pyridine rings is 1. The number of hydrogen-bond acceptors (Lipinski definition) is 4. The molecule has 0 bridgehead atoms. The molecule has 2 heterocycles. The number of imidazole rings is 1. The Morgan fingerprint density at radius 2 is 2.12 bits per heavy atom. The van der Waals surface area contributed by atoms with Crippen molar-refractivity contribution in [3.8, 4) is 0 Å². The number of nitrogens with zero attached hydrogens (tertiary/aromatic N) is 3. The average Bonchev–Trinajstić information content (AvgIpc) is 3.02. The van der Waals surface area contributed by atoms with E-state index >= 15 is 0 Å². The lowest BCUT2D eigenvalue weighted by Gasteiger charge is -2.03. The highest BCUT2D eigenvalue weighted by atomic mass is 16.5. The first-order chi connectivity index (χ1) is 11.7. The number of carbonyl (C=O) groups excluding carboxylic acids is 1. The topological polar surface area (TPSA) is 57.0 Å². The number of ether oxygens (including phenoxy) is 1. The Labute approximate surface area is 140 Å². The minimum atomic E-state index is -0.357. The summed E-state index contributed by atoms with van der Waals surface area (Å²) >= 11 is 0. The van der Waals surface area contributed by atoms with Gasteiger partial charge in [-0.25, -0.2) is 14.8 Å². The fourth-order valence-corrected chi connectivity index (χ4v) is 2.42. The molecular weight excluding hydrogens is 302 g/mol. The number of aromatic nitrogens is 3. The van der Waals surface area contributed by atoms with Gasteiger partial charge in [-0.15, -0.1) is 0 Å². The predicted octanol–water partition coefficient (Wildman–Crippen LogP) is 3.16. The molecular formula is C19H19N3O2. The maximum absolute atomic E-state index is 11.8. The summed E-state index contributed by atoms with van der Waals surface area (Å²) < 4.78 is 7.16. The third-order valence-corrected chi connectivity index (χ3v) is 3.72. The molecule has 3 aromatic rings. The number of aryl methyl sites for hydroxylation is 2. The fourth-order valence-electron chi connectivity index (χ4n) is 2.42. The Kier molecular flexibility index (Phi) is 5.01. The molecule has 0 saturated carbocycles. The van der Waals surface area contributed by atoms with Gasteiger partial charge in [0.15, 0.2) is 0 Å². The van der Waals surface area contributed by atoms with Crippen molar-refractivity contribution >= 4 is 22.9 Å². The van der Waals surface area contributed by atoms with Crippen molar-refractivity contribution in [2.24, 2.45) is 7.05 Å². The Balaban J connectivity index is 1.48. The average molecular weight is 321 g/mol. The zero-order valence-electron chi connectivity index (χ0n) is 13.6. The number of benzene rings is 1. The Hall–Kier alpha value is -2.95. The van der Waals surface area contributed by atoms with E-state index < -0.39 is 0 Å². The van der Waals surface area contributed by atoms with Gasteiger partial charge in [-0.05, 0) is 24.6 Å². The molecule has 0 unspecified atom stereocenters. The van der Waals surface area contributed by atoms with Crippen molar-refractivity contribution in [1.82, 2.24) is 14.5 Å². The minimum absolute atomic E-state index is 0.357. The molecule has 0 radical (unpaired) electrons. The van der Waals surface area contributed by atoms with Crippen LogP contribution in [-0.4, -0.2) is 27.1 Å². The highest BCUT2D eigenvalue weighted by Crippen LogP contribution is 2.12. The zero-order chi connectivity index (χ0) is 16.8. The summed E-state index contributed by atoms with van der Waals surface area (Å²) in [6.07, 6.45) is 8.29. The monoisotopic (exact) mass is 321 g/mol. The molecule has 0 amide bonds. The van der Waals surface area contributed by atoms with Gasteiger partial charge >= 0.3 is 5.97 Å². The highest BCUT2D eigenvalue weighted by Gasteiger charge is 2.01. The number of fused-ring (bicyclic) bond motifs is 1. The summed E-state index contributed by atoms with van der Waals surface area (Å²) in [6.45, 7) is 0.376. The van der Waals surface area contributed by atoms with E-state index in [1.807, 2.05) is 54.2 Å². The molecule has 3 rings (SSSR count). The second kappa shape index (κ2) is 7.55. The van der Waals surface area contributed by atoms with Gasteiger partial charge < -0.3 is 9.30 Å². The molecule has 1 aromatic carbocycles. The van der Waals surface area contributed by atoms with Gasteiger partial charge in [0.05, 0.1) is 17.8 Å². The van der Waals surface area contributed by atoms with Crippen LogP contribution in [0.5, 0.6) is 0 Å². The molecule has 0 saturated heterocycles. The molecule has 0 aliphatic carbocycles. The van der Waals surface area contributed by atoms with E-state index in [4.69, 9.17) is 4.74 Å². The van der Waals surface area contributed by atoms with Crippen LogP contribution in [0.15, 0.2) is 54.9 Å². The van der Waals surface area contributed by atoms with Gasteiger partial charge in [0.1, 0.15) is 5.82 Å². The van der Waals surface area contributed by atoms with Crippen molar-refractivity contribution in [2.75, 3.05) is 6.61 Å². The van der Waals surface area contributed by atoms with E-state index in [1.165, 1.54) is 6.08 Å². The zero-order valence-corrected chi connectivity index (χ0v) is 13.6. The molecule has 122 valence electrons. The number of rotatable bonds is 6. The van der Waals surface area contributed by atoms with Gasteiger partial charge in [-0.1, -0.05) is 24.3 Å². The molecule has 0 atom stereocenters. The smallest absolute Gasteiger partial charge is 0.330 e. The van der Waals surface area contributed by atoms with Crippen LogP contribution in [0.4, 0.5) is 0 Å². The second-order valence-corrected chi connectivity index (χ2v) is 5.49. The second-order valence-electron chi connectivity index (χ2n) is 5.49. The van der Waals surface area contributed by atoms with E-state index in [1.54, 1.807) is 12.3 Å². The van der Waals surface area contributed by atoms with Gasteiger partial charge in [0.2, 0.25) is 0 Å². The predicted molar refractivity (Wildman–Crippen MR) is 93.3 cm³/mol. The Morgan fingerprint density at radius 1 is 1.25 bits per heavy atom. The highest BCUT2D eigenvalue weighted by molar-refractivity contribution is 5.87.